The molecule has 0 unspecified atom stereocenters. The topological polar surface area (TPSA) is 91.0 Å². The standard InChI is InChI=1S/C21H28F4N4O4/c1-13-15(22)9-14(18(31)27-12-21(23,24)25)10-16(13)26-11-17(30)28-5-7-29(8-6-28)19(32)33-20(2,3)4/h9-10,26H,5-8,11-12H2,1-4H3,(H,27,31). The zero-order chi connectivity index (χ0) is 25.0. The second kappa shape index (κ2) is 10.3. The summed E-state index contributed by atoms with van der Waals surface area (Å²) in [5, 5.41) is 4.43. The van der Waals surface area contributed by atoms with E-state index in [0.29, 0.717) is 13.1 Å². The maximum absolute atomic E-state index is 14.2. The van der Waals surface area contributed by atoms with Crippen LogP contribution in [0.3, 0.4) is 0 Å². The molecule has 33 heavy (non-hydrogen) atoms. The normalized spacial score (nSPS) is 14.7. The Morgan fingerprint density at radius 3 is 2.15 bits per heavy atom. The van der Waals surface area contributed by atoms with Crippen molar-refractivity contribution in [1.82, 2.24) is 15.1 Å². The molecule has 2 N–H and O–H groups in total. The van der Waals surface area contributed by atoms with E-state index in [0.717, 1.165) is 6.07 Å². The molecular weight excluding hydrogens is 448 g/mol. The maximum Gasteiger partial charge on any atom is 0.410 e. The van der Waals surface area contributed by atoms with Crippen LogP contribution < -0.4 is 10.6 Å². The number of halogens is 4. The summed E-state index contributed by atoms with van der Waals surface area (Å²) in [4.78, 5) is 39.6. The number of rotatable bonds is 5. The molecule has 12 heteroatoms. The summed E-state index contributed by atoms with van der Waals surface area (Å²) in [6.45, 7) is 6.09. The van der Waals surface area contributed by atoms with Crippen molar-refractivity contribution in [1.29, 1.82) is 0 Å². The summed E-state index contributed by atoms with van der Waals surface area (Å²) in [5.74, 6) is -2.19. The van der Waals surface area contributed by atoms with Crippen LogP contribution >= 0.6 is 0 Å². The van der Waals surface area contributed by atoms with Gasteiger partial charge in [0.25, 0.3) is 5.91 Å². The average molecular weight is 476 g/mol. The van der Waals surface area contributed by atoms with Gasteiger partial charge in [-0.2, -0.15) is 13.2 Å². The van der Waals surface area contributed by atoms with Crippen LogP contribution in [0, 0.1) is 12.7 Å². The number of benzene rings is 1. The highest BCUT2D eigenvalue weighted by Crippen LogP contribution is 2.21. The number of anilines is 1. The molecule has 2 rings (SSSR count). The van der Waals surface area contributed by atoms with E-state index in [-0.39, 0.29) is 42.4 Å². The van der Waals surface area contributed by atoms with E-state index in [4.69, 9.17) is 4.74 Å². The SMILES string of the molecule is Cc1c(F)cc(C(=O)NCC(F)(F)F)cc1NCC(=O)N1CCN(C(=O)OC(C)(C)C)CC1. The largest absolute Gasteiger partial charge is 0.444 e. The number of amides is 3. The Hall–Kier alpha value is -3.05. The predicted molar refractivity (Wildman–Crippen MR) is 112 cm³/mol. The molecule has 1 aromatic rings. The highest BCUT2D eigenvalue weighted by Gasteiger charge is 2.29. The molecule has 8 nitrogen and oxygen atoms in total. The number of ether oxygens (including phenoxy) is 1. The van der Waals surface area contributed by atoms with Gasteiger partial charge in [-0.15, -0.1) is 0 Å². The van der Waals surface area contributed by atoms with Crippen LogP contribution in [0.25, 0.3) is 0 Å². The smallest absolute Gasteiger partial charge is 0.410 e. The maximum atomic E-state index is 14.2. The van der Waals surface area contributed by atoms with Crippen molar-refractivity contribution in [2.75, 3.05) is 44.6 Å². The number of nitrogens with zero attached hydrogens (tertiary/aromatic N) is 2. The van der Waals surface area contributed by atoms with Crippen molar-refractivity contribution in [3.8, 4) is 0 Å². The van der Waals surface area contributed by atoms with Gasteiger partial charge in [-0.25, -0.2) is 9.18 Å². The van der Waals surface area contributed by atoms with Gasteiger partial charge in [0, 0.05) is 43.0 Å². The Labute approximate surface area is 189 Å². The van der Waals surface area contributed by atoms with Crippen molar-refractivity contribution < 1.29 is 36.7 Å². The molecule has 0 saturated carbocycles. The lowest BCUT2D eigenvalue weighted by Gasteiger charge is -2.35. The lowest BCUT2D eigenvalue weighted by molar-refractivity contribution is -0.131. The number of carbonyl (C=O) groups excluding carboxylic acids is 3. The van der Waals surface area contributed by atoms with Gasteiger partial charge >= 0.3 is 12.3 Å². The van der Waals surface area contributed by atoms with E-state index < -0.39 is 36.1 Å². The molecule has 0 bridgehead atoms. The summed E-state index contributed by atoms with van der Waals surface area (Å²) < 4.78 is 56.4. The Morgan fingerprint density at radius 1 is 1.03 bits per heavy atom. The van der Waals surface area contributed by atoms with Gasteiger partial charge in [-0.1, -0.05) is 0 Å². The van der Waals surface area contributed by atoms with E-state index in [1.807, 2.05) is 0 Å². The van der Waals surface area contributed by atoms with Gasteiger partial charge in [0.1, 0.15) is 18.0 Å². The molecule has 0 radical (unpaired) electrons. The first-order chi connectivity index (χ1) is 15.2. The van der Waals surface area contributed by atoms with E-state index in [9.17, 15) is 31.9 Å². The first kappa shape index (κ1) is 26.2. The lowest BCUT2D eigenvalue weighted by Crippen LogP contribution is -2.52. The van der Waals surface area contributed by atoms with Crippen molar-refractivity contribution in [3.63, 3.8) is 0 Å². The van der Waals surface area contributed by atoms with Gasteiger partial charge in [0.2, 0.25) is 5.91 Å². The summed E-state index contributed by atoms with van der Waals surface area (Å²) >= 11 is 0. The van der Waals surface area contributed by atoms with Crippen molar-refractivity contribution in [3.05, 3.63) is 29.1 Å². The Bertz CT molecular complexity index is 891. The van der Waals surface area contributed by atoms with Gasteiger partial charge in [-0.05, 0) is 39.8 Å². The highest BCUT2D eigenvalue weighted by atomic mass is 19.4. The molecule has 184 valence electrons. The second-order valence-electron chi connectivity index (χ2n) is 8.63. The predicted octanol–water partition coefficient (Wildman–Crippen LogP) is 2.92. The number of hydrogen-bond donors (Lipinski definition) is 2. The highest BCUT2D eigenvalue weighted by molar-refractivity contribution is 5.95. The molecule has 0 spiro atoms. The van der Waals surface area contributed by atoms with Crippen LogP contribution in [-0.4, -0.2) is 78.8 Å². The summed E-state index contributed by atoms with van der Waals surface area (Å²) in [6, 6.07) is 2.03. The van der Waals surface area contributed by atoms with Crippen molar-refractivity contribution >= 4 is 23.6 Å². The van der Waals surface area contributed by atoms with Gasteiger partial charge in [0.15, 0.2) is 0 Å². The number of hydrogen-bond acceptors (Lipinski definition) is 5. The molecule has 1 heterocycles. The minimum Gasteiger partial charge on any atom is -0.444 e. The van der Waals surface area contributed by atoms with Gasteiger partial charge in [-0.3, -0.25) is 9.59 Å². The summed E-state index contributed by atoms with van der Waals surface area (Å²) in [7, 11) is 0. The molecule has 1 aliphatic heterocycles. The van der Waals surface area contributed by atoms with Crippen LogP contribution in [0.5, 0.6) is 0 Å². The van der Waals surface area contributed by atoms with E-state index in [1.54, 1.807) is 26.1 Å². The summed E-state index contributed by atoms with van der Waals surface area (Å²) in [5.41, 5.74) is -0.694. The minimum absolute atomic E-state index is 0.116. The number of alkyl halides is 3. The Balaban J connectivity index is 1.94. The molecule has 1 aliphatic rings. The van der Waals surface area contributed by atoms with Crippen LogP contribution in [0.2, 0.25) is 0 Å². The van der Waals surface area contributed by atoms with Crippen LogP contribution in [-0.2, 0) is 9.53 Å². The fraction of sp³-hybridized carbons (Fsp3) is 0.571. The Kier molecular flexibility index (Phi) is 8.15. The molecular formula is C21H28F4N4O4. The summed E-state index contributed by atoms with van der Waals surface area (Å²) in [6.07, 6.45) is -5.06. The third-order valence-corrected chi connectivity index (χ3v) is 4.77. The van der Waals surface area contributed by atoms with Crippen LogP contribution in [0.15, 0.2) is 12.1 Å². The second-order valence-corrected chi connectivity index (χ2v) is 8.63. The van der Waals surface area contributed by atoms with Gasteiger partial charge < -0.3 is 25.2 Å². The van der Waals surface area contributed by atoms with Crippen molar-refractivity contribution in [2.24, 2.45) is 0 Å². The van der Waals surface area contributed by atoms with Crippen LogP contribution in [0.4, 0.5) is 28.0 Å². The molecule has 1 fully saturated rings. The molecule has 0 aliphatic carbocycles. The fourth-order valence-electron chi connectivity index (χ4n) is 3.02. The number of carbonyl (C=O) groups is 3. The lowest BCUT2D eigenvalue weighted by atomic mass is 10.1. The molecule has 1 saturated heterocycles. The minimum atomic E-state index is -4.60. The number of piperazine rings is 1. The number of nitrogens with one attached hydrogen (secondary N) is 2. The fourth-order valence-corrected chi connectivity index (χ4v) is 3.02. The van der Waals surface area contributed by atoms with Gasteiger partial charge in [0.05, 0.1) is 6.54 Å². The first-order valence-corrected chi connectivity index (χ1v) is 10.3. The molecule has 3 amide bonds. The van der Waals surface area contributed by atoms with E-state index in [1.165, 1.54) is 22.8 Å². The first-order valence-electron chi connectivity index (χ1n) is 10.3. The Morgan fingerprint density at radius 2 is 1.61 bits per heavy atom. The average Bonchev–Trinajstić information content (AvgIpc) is 2.71. The third kappa shape index (κ3) is 8.10. The quantitative estimate of drug-likeness (QED) is 0.638. The molecule has 1 aromatic carbocycles. The zero-order valence-electron chi connectivity index (χ0n) is 18.9. The zero-order valence-corrected chi connectivity index (χ0v) is 18.9. The monoisotopic (exact) mass is 476 g/mol. The molecule has 0 aromatic heterocycles. The van der Waals surface area contributed by atoms with Crippen LogP contribution in [0.1, 0.15) is 36.7 Å². The van der Waals surface area contributed by atoms with E-state index in [2.05, 4.69) is 5.32 Å². The molecule has 0 atom stereocenters. The van der Waals surface area contributed by atoms with E-state index >= 15 is 0 Å². The third-order valence-electron chi connectivity index (χ3n) is 4.77. The van der Waals surface area contributed by atoms with Crippen molar-refractivity contribution in [2.45, 2.75) is 39.5 Å².